The Morgan fingerprint density at radius 2 is 2.00 bits per heavy atom. The van der Waals surface area contributed by atoms with Crippen molar-refractivity contribution in [2.45, 2.75) is 13.3 Å². The average molecular weight is 263 g/mol. The molecule has 2 aromatic rings. The lowest BCUT2D eigenvalue weighted by Crippen LogP contribution is -1.85. The van der Waals surface area contributed by atoms with Crippen molar-refractivity contribution in [1.82, 2.24) is 4.98 Å². The topological polar surface area (TPSA) is 22.1 Å². The largest absolute Gasteiger partial charge is 0.489 e. The maximum absolute atomic E-state index is 5.17. The van der Waals surface area contributed by atoms with E-state index in [9.17, 15) is 0 Å². The van der Waals surface area contributed by atoms with E-state index in [4.69, 9.17) is 4.74 Å². The number of hydrogen-bond acceptors (Lipinski definition) is 2. The van der Waals surface area contributed by atoms with Crippen LogP contribution in [0.4, 0.5) is 0 Å². The third-order valence-corrected chi connectivity index (χ3v) is 2.77. The second-order valence-corrected chi connectivity index (χ2v) is 4.23. The van der Waals surface area contributed by atoms with Gasteiger partial charge in [0, 0.05) is 17.3 Å². The molecule has 0 N–H and O–H groups in total. The predicted molar refractivity (Wildman–Crippen MR) is 81.9 cm³/mol. The standard InChI is InChI=1S/C18H17NO/c1-3-7-17(20-2)12-10-15-11-13-18(19-14-15)16-8-5-4-6-9-16/h4-9,11,13-14H,3H2,1-2H3/b17-7+. The average Bonchev–Trinajstić information content (AvgIpc) is 2.53. The molecule has 0 atom stereocenters. The summed E-state index contributed by atoms with van der Waals surface area (Å²) >= 11 is 0. The summed E-state index contributed by atoms with van der Waals surface area (Å²) in [5.41, 5.74) is 2.94. The fourth-order valence-electron chi connectivity index (χ4n) is 1.75. The van der Waals surface area contributed by atoms with Crippen LogP contribution < -0.4 is 0 Å². The fraction of sp³-hybridized carbons (Fsp3) is 0.167. The molecule has 0 radical (unpaired) electrons. The number of rotatable bonds is 3. The lowest BCUT2D eigenvalue weighted by Gasteiger charge is -2.00. The molecule has 0 aliphatic rings. The van der Waals surface area contributed by atoms with Gasteiger partial charge in [-0.05, 0) is 30.6 Å². The second kappa shape index (κ2) is 7.16. The normalized spacial score (nSPS) is 10.6. The maximum atomic E-state index is 5.17. The summed E-state index contributed by atoms with van der Waals surface area (Å²) in [4.78, 5) is 4.44. The third kappa shape index (κ3) is 3.73. The summed E-state index contributed by atoms with van der Waals surface area (Å²) in [7, 11) is 1.63. The number of aromatic nitrogens is 1. The Morgan fingerprint density at radius 3 is 2.60 bits per heavy atom. The van der Waals surface area contributed by atoms with Crippen LogP contribution in [0, 0.1) is 11.8 Å². The van der Waals surface area contributed by atoms with Crippen LogP contribution >= 0.6 is 0 Å². The van der Waals surface area contributed by atoms with Crippen molar-refractivity contribution in [3.05, 3.63) is 66.1 Å². The van der Waals surface area contributed by atoms with Gasteiger partial charge in [-0.1, -0.05) is 43.2 Å². The van der Waals surface area contributed by atoms with Gasteiger partial charge in [0.1, 0.15) is 0 Å². The summed E-state index contributed by atoms with van der Waals surface area (Å²) in [6, 6.07) is 14.0. The van der Waals surface area contributed by atoms with Gasteiger partial charge in [-0.15, -0.1) is 0 Å². The fourth-order valence-corrected chi connectivity index (χ4v) is 1.75. The molecule has 1 heterocycles. The molecule has 2 heteroatoms. The number of allylic oxidation sites excluding steroid dienone is 2. The summed E-state index contributed by atoms with van der Waals surface area (Å²) in [5.74, 6) is 6.74. The predicted octanol–water partition coefficient (Wildman–Crippen LogP) is 4.04. The zero-order chi connectivity index (χ0) is 14.2. The Morgan fingerprint density at radius 1 is 1.20 bits per heavy atom. The van der Waals surface area contributed by atoms with Crippen LogP contribution in [0.3, 0.4) is 0 Å². The van der Waals surface area contributed by atoms with Crippen molar-refractivity contribution in [3.8, 4) is 23.1 Å². The second-order valence-electron chi connectivity index (χ2n) is 4.23. The highest BCUT2D eigenvalue weighted by Crippen LogP contribution is 2.15. The van der Waals surface area contributed by atoms with E-state index in [1.54, 1.807) is 13.3 Å². The van der Waals surface area contributed by atoms with E-state index in [-0.39, 0.29) is 0 Å². The van der Waals surface area contributed by atoms with Gasteiger partial charge >= 0.3 is 0 Å². The molecular weight excluding hydrogens is 246 g/mol. The SMILES string of the molecule is CC/C=C(\C#Cc1ccc(-c2ccccc2)nc1)OC. The quantitative estimate of drug-likeness (QED) is 0.616. The van der Waals surface area contributed by atoms with E-state index in [0.29, 0.717) is 5.76 Å². The van der Waals surface area contributed by atoms with E-state index < -0.39 is 0 Å². The van der Waals surface area contributed by atoms with E-state index in [1.165, 1.54) is 0 Å². The molecule has 0 saturated carbocycles. The van der Waals surface area contributed by atoms with Crippen molar-refractivity contribution >= 4 is 0 Å². The maximum Gasteiger partial charge on any atom is 0.165 e. The number of nitrogens with zero attached hydrogens (tertiary/aromatic N) is 1. The van der Waals surface area contributed by atoms with Crippen LogP contribution in [0.1, 0.15) is 18.9 Å². The van der Waals surface area contributed by atoms with Crippen LogP contribution in [-0.4, -0.2) is 12.1 Å². The van der Waals surface area contributed by atoms with Crippen molar-refractivity contribution in [2.75, 3.05) is 7.11 Å². The van der Waals surface area contributed by atoms with Crippen molar-refractivity contribution < 1.29 is 4.74 Å². The minimum Gasteiger partial charge on any atom is -0.489 e. The van der Waals surface area contributed by atoms with Crippen LogP contribution in [0.2, 0.25) is 0 Å². The van der Waals surface area contributed by atoms with Gasteiger partial charge < -0.3 is 4.74 Å². The summed E-state index contributed by atoms with van der Waals surface area (Å²) in [6.45, 7) is 2.05. The minimum absolute atomic E-state index is 0.694. The highest BCUT2D eigenvalue weighted by atomic mass is 16.5. The Balaban J connectivity index is 2.17. The van der Waals surface area contributed by atoms with Gasteiger partial charge in [-0.25, -0.2) is 0 Å². The van der Waals surface area contributed by atoms with Crippen molar-refractivity contribution in [3.63, 3.8) is 0 Å². The number of ether oxygens (including phenoxy) is 1. The number of hydrogen-bond donors (Lipinski definition) is 0. The molecule has 0 aliphatic heterocycles. The van der Waals surface area contributed by atoms with E-state index >= 15 is 0 Å². The van der Waals surface area contributed by atoms with Gasteiger partial charge in [0.2, 0.25) is 0 Å². The first-order valence-corrected chi connectivity index (χ1v) is 6.61. The highest BCUT2D eigenvalue weighted by molar-refractivity contribution is 5.59. The van der Waals surface area contributed by atoms with Crippen molar-refractivity contribution in [2.24, 2.45) is 0 Å². The molecular formula is C18H17NO. The first-order chi connectivity index (χ1) is 9.83. The molecule has 0 saturated heterocycles. The van der Waals surface area contributed by atoms with Crippen LogP contribution in [0.25, 0.3) is 11.3 Å². The molecule has 1 aromatic carbocycles. The Labute approximate surface area is 120 Å². The number of benzene rings is 1. The Bertz CT molecular complexity index is 631. The molecule has 0 spiro atoms. The molecule has 0 bridgehead atoms. The van der Waals surface area contributed by atoms with Gasteiger partial charge in [-0.3, -0.25) is 4.98 Å². The zero-order valence-corrected chi connectivity index (χ0v) is 11.8. The van der Waals surface area contributed by atoms with Crippen LogP contribution in [-0.2, 0) is 4.74 Å². The summed E-state index contributed by atoms with van der Waals surface area (Å²) in [5, 5.41) is 0. The molecule has 0 unspecified atom stereocenters. The molecule has 2 rings (SSSR count). The lowest BCUT2D eigenvalue weighted by atomic mass is 10.1. The number of methoxy groups -OCH3 is 1. The monoisotopic (exact) mass is 263 g/mol. The van der Waals surface area contributed by atoms with E-state index in [0.717, 1.165) is 23.2 Å². The first-order valence-electron chi connectivity index (χ1n) is 6.61. The summed E-state index contributed by atoms with van der Waals surface area (Å²) < 4.78 is 5.17. The number of pyridine rings is 1. The van der Waals surface area contributed by atoms with Gasteiger partial charge in [-0.2, -0.15) is 0 Å². The van der Waals surface area contributed by atoms with Gasteiger partial charge in [0.05, 0.1) is 12.8 Å². The summed E-state index contributed by atoms with van der Waals surface area (Å²) in [6.07, 6.45) is 4.65. The molecule has 0 amide bonds. The Kier molecular flexibility index (Phi) is 4.97. The third-order valence-electron chi connectivity index (χ3n) is 2.77. The lowest BCUT2D eigenvalue weighted by molar-refractivity contribution is 0.309. The van der Waals surface area contributed by atoms with Gasteiger partial charge in [0.25, 0.3) is 0 Å². The Hall–Kier alpha value is -2.53. The molecule has 0 fully saturated rings. The molecule has 0 aliphatic carbocycles. The van der Waals surface area contributed by atoms with E-state index in [2.05, 4.69) is 23.7 Å². The molecule has 1 aromatic heterocycles. The molecule has 100 valence electrons. The van der Waals surface area contributed by atoms with Crippen LogP contribution in [0.5, 0.6) is 0 Å². The highest BCUT2D eigenvalue weighted by Gasteiger charge is 1.97. The van der Waals surface area contributed by atoms with Crippen molar-refractivity contribution in [1.29, 1.82) is 0 Å². The molecule has 2 nitrogen and oxygen atoms in total. The van der Waals surface area contributed by atoms with Gasteiger partial charge in [0.15, 0.2) is 5.76 Å². The minimum atomic E-state index is 0.694. The smallest absolute Gasteiger partial charge is 0.165 e. The van der Waals surface area contributed by atoms with Crippen LogP contribution in [0.15, 0.2) is 60.5 Å². The molecule has 20 heavy (non-hydrogen) atoms. The first kappa shape index (κ1) is 13.9. The zero-order valence-electron chi connectivity index (χ0n) is 11.8. The van der Waals surface area contributed by atoms with E-state index in [1.807, 2.05) is 48.5 Å².